The van der Waals surface area contributed by atoms with Gasteiger partial charge in [0.25, 0.3) is 11.8 Å². The summed E-state index contributed by atoms with van der Waals surface area (Å²) >= 11 is 0. The molecule has 0 bridgehead atoms. The van der Waals surface area contributed by atoms with Crippen LogP contribution in [0.1, 0.15) is 29.3 Å². The second kappa shape index (κ2) is 6.58. The molecule has 2 aliphatic heterocycles. The lowest BCUT2D eigenvalue weighted by molar-refractivity contribution is -0.192. The molecule has 3 heterocycles. The number of carbonyl (C=O) groups is 2. The van der Waals surface area contributed by atoms with Crippen LogP contribution in [0.4, 0.5) is 22.0 Å². The summed E-state index contributed by atoms with van der Waals surface area (Å²) in [6.07, 6.45) is -3.43. The zero-order valence-corrected chi connectivity index (χ0v) is 13.0. The van der Waals surface area contributed by atoms with Crippen molar-refractivity contribution in [2.75, 3.05) is 19.6 Å². The fourth-order valence-corrected chi connectivity index (χ4v) is 2.37. The van der Waals surface area contributed by atoms with Gasteiger partial charge in [0.1, 0.15) is 11.5 Å². The van der Waals surface area contributed by atoms with Crippen LogP contribution in [0.25, 0.3) is 0 Å². The summed E-state index contributed by atoms with van der Waals surface area (Å²) in [4.78, 5) is 26.2. The molecular weight excluding hydrogens is 355 g/mol. The zero-order chi connectivity index (χ0) is 19.0. The molecule has 7 nitrogen and oxygen atoms in total. The van der Waals surface area contributed by atoms with Gasteiger partial charge in [0.05, 0.1) is 19.1 Å². The van der Waals surface area contributed by atoms with Gasteiger partial charge in [-0.05, 0) is 6.92 Å². The number of hydrogen-bond donors (Lipinski definition) is 2. The first-order valence-electron chi connectivity index (χ1n) is 7.18. The van der Waals surface area contributed by atoms with Crippen molar-refractivity contribution in [3.8, 4) is 0 Å². The molecule has 25 heavy (non-hydrogen) atoms. The van der Waals surface area contributed by atoms with E-state index in [2.05, 4.69) is 10.3 Å². The van der Waals surface area contributed by atoms with E-state index in [0.29, 0.717) is 0 Å². The van der Waals surface area contributed by atoms with Crippen molar-refractivity contribution < 1.29 is 36.6 Å². The van der Waals surface area contributed by atoms with Gasteiger partial charge in [0.15, 0.2) is 0 Å². The number of hydrogen-bond acceptors (Lipinski definition) is 4. The van der Waals surface area contributed by atoms with E-state index in [1.54, 1.807) is 6.20 Å². The number of aromatic nitrogens is 2. The van der Waals surface area contributed by atoms with Crippen molar-refractivity contribution >= 4 is 11.9 Å². The third-order valence-electron chi connectivity index (χ3n) is 3.59. The van der Waals surface area contributed by atoms with Crippen molar-refractivity contribution in [3.05, 3.63) is 17.7 Å². The summed E-state index contributed by atoms with van der Waals surface area (Å²) in [6.45, 7) is 2.53. The fraction of sp³-hybridized carbons (Fsp3) is 0.615. The van der Waals surface area contributed by atoms with Crippen molar-refractivity contribution in [2.45, 2.75) is 31.6 Å². The maximum absolute atomic E-state index is 12.7. The number of rotatable bonds is 1. The minimum Gasteiger partial charge on any atom is -0.475 e. The van der Waals surface area contributed by atoms with Crippen LogP contribution >= 0.6 is 0 Å². The van der Waals surface area contributed by atoms with E-state index in [9.17, 15) is 26.7 Å². The lowest BCUT2D eigenvalue weighted by atomic mass is 10.1. The predicted octanol–water partition coefficient (Wildman–Crippen LogP) is 1.27. The van der Waals surface area contributed by atoms with Crippen LogP contribution in [0, 0.1) is 0 Å². The summed E-state index contributed by atoms with van der Waals surface area (Å²) in [5, 5.41) is 10.4. The first kappa shape index (κ1) is 19.1. The molecule has 0 aromatic carbocycles. The summed E-state index contributed by atoms with van der Waals surface area (Å²) < 4.78 is 59.1. The molecule has 0 radical (unpaired) electrons. The number of nitrogens with one attached hydrogen (secondary N) is 1. The molecule has 140 valence electrons. The summed E-state index contributed by atoms with van der Waals surface area (Å²) in [5.41, 5.74) is 0.260. The predicted molar refractivity (Wildman–Crippen MR) is 73.2 cm³/mol. The Morgan fingerprint density at radius 1 is 1.36 bits per heavy atom. The molecule has 1 aromatic heterocycles. The Kier molecular flexibility index (Phi) is 5.02. The number of carbonyl (C=O) groups excluding carboxylic acids is 1. The van der Waals surface area contributed by atoms with Gasteiger partial charge in [0, 0.05) is 19.3 Å². The van der Waals surface area contributed by atoms with E-state index < -0.39 is 37.1 Å². The van der Waals surface area contributed by atoms with Crippen molar-refractivity contribution in [1.29, 1.82) is 0 Å². The molecule has 1 atom stereocenters. The Balaban J connectivity index is 0.000000277. The average Bonchev–Trinajstić information content (AvgIpc) is 2.89. The minimum atomic E-state index is -5.08. The van der Waals surface area contributed by atoms with Crippen LogP contribution in [0.2, 0.25) is 0 Å². The van der Waals surface area contributed by atoms with Crippen LogP contribution in [-0.4, -0.2) is 63.2 Å². The highest BCUT2D eigenvalue weighted by Gasteiger charge is 2.47. The molecule has 2 N–H and O–H groups in total. The number of amides is 1. The molecule has 1 fully saturated rings. The number of imidazole rings is 1. The minimum absolute atomic E-state index is 0.0816. The number of fused-ring (bicyclic) bond motifs is 1. The topological polar surface area (TPSA) is 87.5 Å². The highest BCUT2D eigenvalue weighted by molar-refractivity contribution is 5.93. The van der Waals surface area contributed by atoms with Crippen LogP contribution < -0.4 is 5.32 Å². The zero-order valence-electron chi connectivity index (χ0n) is 13.0. The van der Waals surface area contributed by atoms with Crippen LogP contribution in [0.5, 0.6) is 0 Å². The van der Waals surface area contributed by atoms with Gasteiger partial charge in [-0.1, -0.05) is 0 Å². The van der Waals surface area contributed by atoms with Crippen molar-refractivity contribution in [2.24, 2.45) is 0 Å². The molecule has 2 aliphatic rings. The molecule has 12 heteroatoms. The number of alkyl halides is 5. The number of carboxylic acids is 1. The van der Waals surface area contributed by atoms with Gasteiger partial charge in [-0.25, -0.2) is 18.6 Å². The first-order chi connectivity index (χ1) is 11.4. The van der Waals surface area contributed by atoms with Gasteiger partial charge < -0.3 is 19.9 Å². The lowest BCUT2D eigenvalue weighted by Crippen LogP contribution is -2.58. The van der Waals surface area contributed by atoms with Crippen molar-refractivity contribution in [1.82, 2.24) is 19.8 Å². The number of halogens is 5. The Bertz CT molecular complexity index is 665. The Labute approximate surface area is 138 Å². The number of carboxylic acid groups (broad SMARTS) is 1. The average molecular weight is 370 g/mol. The monoisotopic (exact) mass is 370 g/mol. The highest BCUT2D eigenvalue weighted by atomic mass is 19.4. The quantitative estimate of drug-likeness (QED) is 0.727. The maximum Gasteiger partial charge on any atom is 0.490 e. The first-order valence-corrected chi connectivity index (χ1v) is 7.18. The lowest BCUT2D eigenvalue weighted by Gasteiger charge is -2.38. The van der Waals surface area contributed by atoms with E-state index in [-0.39, 0.29) is 11.7 Å². The second-order valence-corrected chi connectivity index (χ2v) is 5.67. The molecule has 1 aromatic rings. The summed E-state index contributed by atoms with van der Waals surface area (Å²) in [7, 11) is 0. The standard InChI is InChI=1S/C11H14F2N4O.C2HF3O2/c1-7-9-15-8(4-16(9)3-2-14-7)10(18)17-5-11(12,13)6-17;3-2(4,5)1(6)7/h4,7,14H,2-3,5-6H2,1H3;(H,6,7). The van der Waals surface area contributed by atoms with E-state index in [1.165, 1.54) is 0 Å². The highest BCUT2D eigenvalue weighted by Crippen LogP contribution is 2.28. The fourth-order valence-electron chi connectivity index (χ4n) is 2.37. The third kappa shape index (κ3) is 4.44. The molecule has 1 saturated heterocycles. The SMILES string of the molecule is CC1NCCn2cc(C(=O)N3CC(F)(F)C3)nc21.O=C(O)C(F)(F)F. The molecule has 0 aliphatic carbocycles. The van der Waals surface area contributed by atoms with Gasteiger partial charge in [0.2, 0.25) is 0 Å². The van der Waals surface area contributed by atoms with Gasteiger partial charge >= 0.3 is 12.1 Å². The molecule has 0 saturated carbocycles. The van der Waals surface area contributed by atoms with Crippen molar-refractivity contribution in [3.63, 3.8) is 0 Å². The van der Waals surface area contributed by atoms with Crippen LogP contribution in [0.3, 0.4) is 0 Å². The number of aliphatic carboxylic acids is 1. The normalized spacial score (nSPS) is 21.5. The van der Waals surface area contributed by atoms with Crippen LogP contribution in [0.15, 0.2) is 6.20 Å². The van der Waals surface area contributed by atoms with Gasteiger partial charge in [-0.3, -0.25) is 4.79 Å². The van der Waals surface area contributed by atoms with Gasteiger partial charge in [-0.15, -0.1) is 0 Å². The molecule has 3 rings (SSSR count). The van der Waals surface area contributed by atoms with E-state index >= 15 is 0 Å². The van der Waals surface area contributed by atoms with Crippen LogP contribution in [-0.2, 0) is 11.3 Å². The van der Waals surface area contributed by atoms with E-state index in [1.807, 2.05) is 11.5 Å². The molecule has 0 spiro atoms. The largest absolute Gasteiger partial charge is 0.490 e. The summed E-state index contributed by atoms with van der Waals surface area (Å²) in [6, 6.07) is 0.0816. The second-order valence-electron chi connectivity index (χ2n) is 5.67. The Hall–Kier alpha value is -2.24. The van der Waals surface area contributed by atoms with Gasteiger partial charge in [-0.2, -0.15) is 13.2 Å². The molecular formula is C13H15F5N4O3. The maximum atomic E-state index is 12.7. The number of nitrogens with zero attached hydrogens (tertiary/aromatic N) is 3. The molecule has 1 amide bonds. The smallest absolute Gasteiger partial charge is 0.475 e. The Morgan fingerprint density at radius 3 is 2.36 bits per heavy atom. The van der Waals surface area contributed by atoms with E-state index in [0.717, 1.165) is 23.8 Å². The number of likely N-dealkylation sites (tertiary alicyclic amines) is 1. The molecule has 1 unspecified atom stereocenters. The van der Waals surface area contributed by atoms with E-state index in [4.69, 9.17) is 9.90 Å². The Morgan fingerprint density at radius 2 is 1.92 bits per heavy atom. The summed E-state index contributed by atoms with van der Waals surface area (Å²) in [5.74, 6) is -5.11. The third-order valence-corrected chi connectivity index (χ3v) is 3.59.